The monoisotopic (exact) mass is 498 g/mol. The van der Waals surface area contributed by atoms with E-state index in [4.69, 9.17) is 4.74 Å². The van der Waals surface area contributed by atoms with Crippen LogP contribution < -0.4 is 4.74 Å². The molecule has 35 heavy (non-hydrogen) atoms. The Morgan fingerprint density at radius 3 is 2.29 bits per heavy atom. The molecule has 1 aliphatic heterocycles. The molecule has 0 saturated carbocycles. The number of hydrogen-bond acceptors (Lipinski definition) is 4. The fraction of sp³-hybridized carbons (Fsp3) is 0.423. The molecule has 3 aromatic rings. The van der Waals surface area contributed by atoms with Crippen molar-refractivity contribution in [3.05, 3.63) is 54.1 Å². The molecule has 188 valence electrons. The Hall–Kier alpha value is -2.88. The van der Waals surface area contributed by atoms with Crippen molar-refractivity contribution >= 4 is 27.0 Å². The van der Waals surface area contributed by atoms with Crippen LogP contribution in [0.4, 0.5) is 0 Å². The van der Waals surface area contributed by atoms with Crippen molar-refractivity contribution < 1.29 is 17.9 Å². The van der Waals surface area contributed by atoms with Gasteiger partial charge in [0.25, 0.3) is 10.2 Å². The Morgan fingerprint density at radius 1 is 1.00 bits per heavy atom. The third kappa shape index (κ3) is 5.22. The molecule has 0 atom stereocenters. The molecular formula is C26H34N4O4S. The zero-order valence-electron chi connectivity index (χ0n) is 20.7. The van der Waals surface area contributed by atoms with Crippen LogP contribution in [0.5, 0.6) is 5.75 Å². The number of rotatable bonds is 9. The number of nitrogens with one attached hydrogen (secondary N) is 1. The van der Waals surface area contributed by atoms with Crippen molar-refractivity contribution in [1.29, 1.82) is 0 Å². The number of fused-ring (bicyclic) bond motifs is 1. The van der Waals surface area contributed by atoms with E-state index in [0.717, 1.165) is 33.5 Å². The van der Waals surface area contributed by atoms with Crippen molar-refractivity contribution in [3.63, 3.8) is 0 Å². The second-order valence-corrected chi connectivity index (χ2v) is 10.6. The summed E-state index contributed by atoms with van der Waals surface area (Å²) in [7, 11) is -1.82. The van der Waals surface area contributed by atoms with Crippen LogP contribution in [0.2, 0.25) is 0 Å². The molecule has 4 rings (SSSR count). The van der Waals surface area contributed by atoms with Crippen LogP contribution in [0.3, 0.4) is 0 Å². The number of aromatic amines is 1. The van der Waals surface area contributed by atoms with Crippen molar-refractivity contribution in [1.82, 2.24) is 18.5 Å². The van der Waals surface area contributed by atoms with Gasteiger partial charge in [0.1, 0.15) is 5.75 Å². The maximum atomic E-state index is 13.1. The van der Waals surface area contributed by atoms with Crippen LogP contribution in [0.1, 0.15) is 25.8 Å². The summed E-state index contributed by atoms with van der Waals surface area (Å²) >= 11 is 0. The number of aryl methyl sites for hydroxylation is 1. The lowest BCUT2D eigenvalue weighted by molar-refractivity contribution is -0.132. The number of benzene rings is 2. The number of nitrogens with zero attached hydrogens (tertiary/aromatic N) is 3. The number of para-hydroxylation sites is 1. The van der Waals surface area contributed by atoms with Crippen LogP contribution in [0, 0.1) is 0 Å². The van der Waals surface area contributed by atoms with Crippen molar-refractivity contribution in [3.8, 4) is 17.0 Å². The van der Waals surface area contributed by atoms with E-state index in [2.05, 4.69) is 11.1 Å². The van der Waals surface area contributed by atoms with Gasteiger partial charge in [-0.25, -0.2) is 0 Å². The zero-order valence-corrected chi connectivity index (χ0v) is 21.5. The van der Waals surface area contributed by atoms with Gasteiger partial charge >= 0.3 is 0 Å². The van der Waals surface area contributed by atoms with E-state index in [1.807, 2.05) is 56.3 Å². The minimum absolute atomic E-state index is 0.0517. The van der Waals surface area contributed by atoms with Crippen molar-refractivity contribution in [2.24, 2.45) is 0 Å². The van der Waals surface area contributed by atoms with Crippen LogP contribution in [-0.2, 0) is 21.4 Å². The van der Waals surface area contributed by atoms with Gasteiger partial charge in [0.15, 0.2) is 0 Å². The SMILES string of the molecule is CCN(CC)S(=O)(=O)N1CCN(C(=O)CCc2c(-c3ccc(OC)cc3)[nH]c3ccccc23)CC1. The lowest BCUT2D eigenvalue weighted by Gasteiger charge is -2.36. The second-order valence-electron chi connectivity index (χ2n) is 8.62. The molecule has 1 fully saturated rings. The number of methoxy groups -OCH3 is 1. The number of aromatic nitrogens is 1. The van der Waals surface area contributed by atoms with Crippen LogP contribution >= 0.6 is 0 Å². The van der Waals surface area contributed by atoms with E-state index < -0.39 is 10.2 Å². The molecular weight excluding hydrogens is 464 g/mol. The maximum Gasteiger partial charge on any atom is 0.282 e. The molecule has 0 aliphatic carbocycles. The van der Waals surface area contributed by atoms with Gasteiger partial charge in [0.05, 0.1) is 7.11 Å². The van der Waals surface area contributed by atoms with Crippen LogP contribution in [-0.4, -0.2) is 79.2 Å². The van der Waals surface area contributed by atoms with E-state index in [1.54, 1.807) is 12.0 Å². The molecule has 1 saturated heterocycles. The zero-order chi connectivity index (χ0) is 25.0. The summed E-state index contributed by atoms with van der Waals surface area (Å²) in [4.78, 5) is 18.4. The quantitative estimate of drug-likeness (QED) is 0.489. The summed E-state index contributed by atoms with van der Waals surface area (Å²) in [5, 5.41) is 1.11. The molecule has 0 bridgehead atoms. The lowest BCUT2D eigenvalue weighted by Crippen LogP contribution is -2.54. The number of carbonyl (C=O) groups excluding carboxylic acids is 1. The predicted octanol–water partition coefficient (Wildman–Crippen LogP) is 3.51. The minimum Gasteiger partial charge on any atom is -0.497 e. The number of H-pyrrole nitrogens is 1. The number of hydrogen-bond donors (Lipinski definition) is 1. The van der Waals surface area contributed by atoms with Gasteiger partial charge in [0, 0.05) is 62.3 Å². The highest BCUT2D eigenvalue weighted by molar-refractivity contribution is 7.86. The third-order valence-electron chi connectivity index (χ3n) is 6.73. The first kappa shape index (κ1) is 25.2. The highest BCUT2D eigenvalue weighted by Crippen LogP contribution is 2.32. The Bertz CT molecular complexity index is 1260. The predicted molar refractivity (Wildman–Crippen MR) is 139 cm³/mol. The first-order chi connectivity index (χ1) is 16.9. The van der Waals surface area contributed by atoms with Crippen LogP contribution in [0.25, 0.3) is 22.2 Å². The summed E-state index contributed by atoms with van der Waals surface area (Å²) in [6.07, 6.45) is 0.968. The first-order valence-electron chi connectivity index (χ1n) is 12.2. The third-order valence-corrected chi connectivity index (χ3v) is 8.92. The van der Waals surface area contributed by atoms with Gasteiger partial charge in [-0.15, -0.1) is 0 Å². The van der Waals surface area contributed by atoms with Gasteiger partial charge in [-0.05, 0) is 47.9 Å². The summed E-state index contributed by atoms with van der Waals surface area (Å²) in [5.41, 5.74) is 4.20. The van der Waals surface area contributed by atoms with E-state index in [0.29, 0.717) is 52.1 Å². The Balaban J connectivity index is 1.46. The summed E-state index contributed by atoms with van der Waals surface area (Å²) < 4.78 is 33.8. The van der Waals surface area contributed by atoms with E-state index in [-0.39, 0.29) is 5.91 Å². The average Bonchev–Trinajstić information content (AvgIpc) is 3.26. The van der Waals surface area contributed by atoms with Gasteiger partial charge in [0.2, 0.25) is 5.91 Å². The largest absolute Gasteiger partial charge is 0.497 e. The van der Waals surface area contributed by atoms with Gasteiger partial charge in [-0.3, -0.25) is 4.79 Å². The standard InChI is InChI=1S/C26H34N4O4S/c1-4-29(5-2)35(32,33)30-18-16-28(17-19-30)25(31)15-14-23-22-8-6-7-9-24(22)27-26(23)20-10-12-21(34-3)13-11-20/h6-13,27H,4-5,14-19H2,1-3H3. The molecule has 8 nitrogen and oxygen atoms in total. The normalized spacial score (nSPS) is 15.1. The summed E-state index contributed by atoms with van der Waals surface area (Å²) in [6, 6.07) is 16.0. The van der Waals surface area contributed by atoms with Gasteiger partial charge in [-0.2, -0.15) is 17.0 Å². The number of ether oxygens (including phenoxy) is 1. The van der Waals surface area contributed by atoms with Crippen molar-refractivity contribution in [2.75, 3.05) is 46.4 Å². The first-order valence-corrected chi connectivity index (χ1v) is 13.6. The number of amides is 1. The van der Waals surface area contributed by atoms with E-state index in [1.165, 1.54) is 8.61 Å². The Kier molecular flexibility index (Phi) is 7.78. The maximum absolute atomic E-state index is 13.1. The molecule has 0 spiro atoms. The fourth-order valence-corrected chi connectivity index (χ4v) is 6.34. The highest BCUT2D eigenvalue weighted by atomic mass is 32.2. The minimum atomic E-state index is -3.47. The Morgan fingerprint density at radius 2 is 1.66 bits per heavy atom. The topological polar surface area (TPSA) is 86.0 Å². The number of carbonyl (C=O) groups is 1. The summed E-state index contributed by atoms with van der Waals surface area (Å²) in [6.45, 7) is 6.05. The molecule has 9 heteroatoms. The van der Waals surface area contributed by atoms with Crippen LogP contribution in [0.15, 0.2) is 48.5 Å². The highest BCUT2D eigenvalue weighted by Gasteiger charge is 2.32. The molecule has 1 N–H and O–H groups in total. The number of piperazine rings is 1. The average molecular weight is 499 g/mol. The van der Waals surface area contributed by atoms with Gasteiger partial charge < -0.3 is 14.6 Å². The van der Waals surface area contributed by atoms with Gasteiger partial charge in [-0.1, -0.05) is 32.0 Å². The lowest BCUT2D eigenvalue weighted by atomic mass is 10.0. The molecule has 0 radical (unpaired) electrons. The molecule has 0 unspecified atom stereocenters. The smallest absolute Gasteiger partial charge is 0.282 e. The molecule has 2 aromatic carbocycles. The van der Waals surface area contributed by atoms with E-state index >= 15 is 0 Å². The summed E-state index contributed by atoms with van der Waals surface area (Å²) in [5.74, 6) is 0.847. The van der Waals surface area contributed by atoms with E-state index in [9.17, 15) is 13.2 Å². The molecule has 1 aromatic heterocycles. The fourth-order valence-electron chi connectivity index (χ4n) is 4.74. The second kappa shape index (κ2) is 10.8. The van der Waals surface area contributed by atoms with Crippen molar-refractivity contribution in [2.45, 2.75) is 26.7 Å². The molecule has 1 aliphatic rings. The Labute approximate surface area is 207 Å². The molecule has 2 heterocycles. The molecule has 1 amide bonds.